The summed E-state index contributed by atoms with van der Waals surface area (Å²) in [5, 5.41) is 0. The van der Waals surface area contributed by atoms with Crippen molar-refractivity contribution >= 4 is 32.2 Å². The normalized spacial score (nSPS) is 3.43. The van der Waals surface area contributed by atoms with Gasteiger partial charge in [-0.2, -0.15) is 0 Å². The molecule has 0 aliphatic heterocycles. The predicted octanol–water partition coefficient (Wildman–Crippen LogP) is -5.48. The fourth-order valence-corrected chi connectivity index (χ4v) is 0. The molecule has 38 valence electrons. The second kappa shape index (κ2) is 15.7. The van der Waals surface area contributed by atoms with Gasteiger partial charge < -0.3 is 19.3 Å². The summed E-state index contributed by atoms with van der Waals surface area (Å²) in [7, 11) is -3.13. The van der Waals surface area contributed by atoms with E-state index in [0.717, 1.165) is 0 Å². The van der Waals surface area contributed by atoms with E-state index in [1.54, 1.807) is 0 Å². The van der Waals surface area contributed by atoms with Crippen molar-refractivity contribution in [1.82, 2.24) is 0 Å². The molecule has 0 radical (unpaired) electrons. The number of hydrogen-bond donors (Lipinski definition) is 2. The number of hydrogen-bond acceptors (Lipinski definition) is 1. The van der Waals surface area contributed by atoms with E-state index in [4.69, 9.17) is 14.1 Å². The first kappa shape index (κ1) is 23.8. The zero-order valence-corrected chi connectivity index (χ0v) is 8.42. The van der Waals surface area contributed by atoms with Crippen molar-refractivity contribution < 1.29 is 53.4 Å². The first-order chi connectivity index (χ1) is 1.73. The average Bonchev–Trinajstić information content (AvgIpc) is 0.811. The van der Waals surface area contributed by atoms with Gasteiger partial charge in [-0.15, -0.1) is 0 Å². The van der Waals surface area contributed by atoms with Crippen LogP contribution in [0.4, 0.5) is 0 Å². The molecule has 0 aromatic carbocycles. The van der Waals surface area contributed by atoms with Crippen LogP contribution in [0.1, 0.15) is 4.28 Å². The summed E-state index contributed by atoms with van der Waals surface area (Å²) in [5.74, 6) is 0. The van der Waals surface area contributed by atoms with Crippen LogP contribution in [-0.2, 0) is 4.46 Å². The molecule has 7 heavy (non-hydrogen) atoms. The fourth-order valence-electron chi connectivity index (χ4n) is 0. The van der Waals surface area contributed by atoms with Crippen molar-refractivity contribution in [1.29, 1.82) is 0 Å². The smallest absolute Gasteiger partial charge is 1.00 e. The molecule has 0 aromatic rings. The summed E-state index contributed by atoms with van der Waals surface area (Å²) >= 11 is 0. The standard InChI is InChI=1S/Mg.Na.H2O3Si.H2O.3H/c;;1-4(2)3;;;;/h;;1-2H;1H2;;;/q+2;+1;;;3*-1. The Hall–Kier alpha value is 1.34. The Balaban J connectivity index is -0.00000000300. The Bertz CT molecular complexity index is 43.5. The van der Waals surface area contributed by atoms with Crippen LogP contribution >= 0.6 is 0 Å². The van der Waals surface area contributed by atoms with Gasteiger partial charge in [0.25, 0.3) is 0 Å². The molecule has 0 saturated carbocycles. The van der Waals surface area contributed by atoms with Crippen molar-refractivity contribution in [2.45, 2.75) is 0 Å². The maximum absolute atomic E-state index is 8.74. The van der Waals surface area contributed by atoms with Gasteiger partial charge in [0.1, 0.15) is 0 Å². The van der Waals surface area contributed by atoms with E-state index in [-0.39, 0.29) is 62.4 Å². The molecule has 0 fully saturated rings. The third-order valence-electron chi connectivity index (χ3n) is 0. The molecule has 0 rings (SSSR count). The van der Waals surface area contributed by atoms with Gasteiger partial charge in [-0.25, -0.2) is 0 Å². The summed E-state index contributed by atoms with van der Waals surface area (Å²) in [5.41, 5.74) is 0. The fraction of sp³-hybridized carbons (Fsp3) is 0. The average molecular weight is 146 g/mol. The molecule has 0 atom stereocenters. The van der Waals surface area contributed by atoms with Crippen molar-refractivity contribution in [3.63, 3.8) is 0 Å². The summed E-state index contributed by atoms with van der Waals surface area (Å²) in [6.07, 6.45) is 0. The maximum Gasteiger partial charge on any atom is 2.00 e. The quantitative estimate of drug-likeness (QED) is 0.334. The van der Waals surface area contributed by atoms with Crippen LogP contribution in [0.25, 0.3) is 0 Å². The van der Waals surface area contributed by atoms with Crippen molar-refractivity contribution in [2.24, 2.45) is 0 Å². The van der Waals surface area contributed by atoms with Crippen LogP contribution in [-0.4, -0.2) is 47.3 Å². The van der Waals surface area contributed by atoms with Gasteiger partial charge in [0.05, 0.1) is 0 Å². The minimum atomic E-state index is -3.13. The topological polar surface area (TPSA) is 89.0 Å². The molecule has 0 heterocycles. The van der Waals surface area contributed by atoms with E-state index in [0.29, 0.717) is 0 Å². The van der Waals surface area contributed by atoms with E-state index in [2.05, 4.69) is 0 Å². The minimum absolute atomic E-state index is 0. The SMILES string of the molecule is O.O=[Si](O)O.[H-].[H-].[H-].[Mg+2].[Na+]. The van der Waals surface area contributed by atoms with E-state index in [9.17, 15) is 0 Å². The molecule has 0 amide bonds. The van der Waals surface area contributed by atoms with Gasteiger partial charge in [0.15, 0.2) is 0 Å². The largest absolute Gasteiger partial charge is 2.00 e. The van der Waals surface area contributed by atoms with Gasteiger partial charge in [0, 0.05) is 0 Å². The summed E-state index contributed by atoms with van der Waals surface area (Å²) in [6.45, 7) is 0. The molecular formula is H7MgNaO4Si. The molecule has 4 nitrogen and oxygen atoms in total. The summed E-state index contributed by atoms with van der Waals surface area (Å²) in [4.78, 5) is 14.3. The monoisotopic (exact) mass is 146 g/mol. The van der Waals surface area contributed by atoms with E-state index in [1.165, 1.54) is 0 Å². The van der Waals surface area contributed by atoms with E-state index < -0.39 is 9.17 Å². The Morgan fingerprint density at radius 3 is 1.43 bits per heavy atom. The first-order valence-electron chi connectivity index (χ1n) is 0.651. The van der Waals surface area contributed by atoms with Crippen LogP contribution < -0.4 is 29.6 Å². The summed E-state index contributed by atoms with van der Waals surface area (Å²) in [6, 6.07) is 0. The van der Waals surface area contributed by atoms with Crippen LogP contribution in [0.5, 0.6) is 0 Å². The first-order valence-corrected chi connectivity index (χ1v) is 1.95. The summed E-state index contributed by atoms with van der Waals surface area (Å²) < 4.78 is 8.74. The van der Waals surface area contributed by atoms with E-state index in [1.807, 2.05) is 0 Å². The molecular weight excluding hydrogens is 139 g/mol. The van der Waals surface area contributed by atoms with Gasteiger partial charge in [-0.05, 0) is 0 Å². The Labute approximate surface area is 85.0 Å². The molecule has 0 aliphatic rings. The molecule has 0 aliphatic carbocycles. The van der Waals surface area contributed by atoms with Gasteiger partial charge in [0.2, 0.25) is 0 Å². The third-order valence-corrected chi connectivity index (χ3v) is 0. The van der Waals surface area contributed by atoms with Crippen molar-refractivity contribution in [3.8, 4) is 0 Å². The Morgan fingerprint density at radius 2 is 1.43 bits per heavy atom. The molecule has 0 bridgehead atoms. The predicted molar refractivity (Wildman–Crippen MR) is 23.6 cm³/mol. The van der Waals surface area contributed by atoms with Gasteiger partial charge >= 0.3 is 61.8 Å². The zero-order valence-electron chi connectivity index (χ0n) is 7.01. The Morgan fingerprint density at radius 1 is 1.43 bits per heavy atom. The molecule has 7 heteroatoms. The van der Waals surface area contributed by atoms with Crippen LogP contribution in [0, 0.1) is 0 Å². The van der Waals surface area contributed by atoms with Gasteiger partial charge in [-0.1, -0.05) is 0 Å². The molecule has 0 aromatic heterocycles. The zero-order chi connectivity index (χ0) is 3.58. The maximum atomic E-state index is 8.74. The van der Waals surface area contributed by atoms with Crippen LogP contribution in [0.15, 0.2) is 0 Å². The van der Waals surface area contributed by atoms with Crippen molar-refractivity contribution in [3.05, 3.63) is 0 Å². The molecule has 0 unspecified atom stereocenters. The molecule has 0 spiro atoms. The van der Waals surface area contributed by atoms with Crippen LogP contribution in [0.3, 0.4) is 0 Å². The molecule has 4 N–H and O–H groups in total. The van der Waals surface area contributed by atoms with Gasteiger partial charge in [-0.3, -0.25) is 4.46 Å². The number of rotatable bonds is 0. The van der Waals surface area contributed by atoms with Crippen molar-refractivity contribution in [2.75, 3.05) is 0 Å². The second-order valence-corrected chi connectivity index (χ2v) is 0.848. The molecule has 0 saturated heterocycles. The van der Waals surface area contributed by atoms with E-state index >= 15 is 0 Å². The third kappa shape index (κ3) is 116. The Kier molecular flexibility index (Phi) is 53.4. The van der Waals surface area contributed by atoms with Crippen LogP contribution in [0.2, 0.25) is 0 Å². The minimum Gasteiger partial charge on any atom is -1.00 e. The second-order valence-electron chi connectivity index (χ2n) is 0.283.